The van der Waals surface area contributed by atoms with Gasteiger partial charge < -0.3 is 5.32 Å². The summed E-state index contributed by atoms with van der Waals surface area (Å²) in [5, 5.41) is 14.3. The number of nitro benzene ring substituents is 1. The van der Waals surface area contributed by atoms with Crippen molar-refractivity contribution < 1.29 is 4.92 Å². The summed E-state index contributed by atoms with van der Waals surface area (Å²) >= 11 is 6.02. The molecule has 1 fully saturated rings. The highest BCUT2D eigenvalue weighted by atomic mass is 35.5. The van der Waals surface area contributed by atoms with E-state index in [1.807, 2.05) is 0 Å². The van der Waals surface area contributed by atoms with Crippen molar-refractivity contribution in [1.29, 1.82) is 0 Å². The van der Waals surface area contributed by atoms with Gasteiger partial charge >= 0.3 is 0 Å². The second kappa shape index (κ2) is 6.05. The van der Waals surface area contributed by atoms with Crippen LogP contribution in [0.1, 0.15) is 32.1 Å². The van der Waals surface area contributed by atoms with Crippen molar-refractivity contribution in [1.82, 2.24) is 0 Å². The van der Waals surface area contributed by atoms with E-state index < -0.39 is 4.92 Å². The second-order valence-electron chi connectivity index (χ2n) is 4.81. The van der Waals surface area contributed by atoms with E-state index >= 15 is 0 Å². The summed E-state index contributed by atoms with van der Waals surface area (Å²) in [6.07, 6.45) is 6.48. The number of benzene rings is 1. The normalized spacial score (nSPS) is 16.5. The maximum Gasteiger partial charge on any atom is 0.271 e. The molecule has 98 valence electrons. The van der Waals surface area contributed by atoms with Gasteiger partial charge in [-0.25, -0.2) is 0 Å². The van der Waals surface area contributed by atoms with E-state index in [0.29, 0.717) is 10.9 Å². The smallest absolute Gasteiger partial charge is 0.271 e. The molecule has 0 radical (unpaired) electrons. The number of nitro groups is 1. The van der Waals surface area contributed by atoms with Gasteiger partial charge in [-0.05, 0) is 24.8 Å². The number of hydrogen-bond donors (Lipinski definition) is 1. The van der Waals surface area contributed by atoms with Crippen molar-refractivity contribution in [3.63, 3.8) is 0 Å². The lowest BCUT2D eigenvalue weighted by atomic mass is 9.89. The molecule has 18 heavy (non-hydrogen) atoms. The van der Waals surface area contributed by atoms with Crippen LogP contribution < -0.4 is 5.32 Å². The van der Waals surface area contributed by atoms with Gasteiger partial charge in [0.2, 0.25) is 0 Å². The van der Waals surface area contributed by atoms with Gasteiger partial charge in [0.05, 0.1) is 15.6 Å². The van der Waals surface area contributed by atoms with Gasteiger partial charge in [0.1, 0.15) is 0 Å². The summed E-state index contributed by atoms with van der Waals surface area (Å²) < 4.78 is 0. The van der Waals surface area contributed by atoms with Gasteiger partial charge in [-0.1, -0.05) is 30.9 Å². The zero-order chi connectivity index (χ0) is 13.0. The van der Waals surface area contributed by atoms with Crippen LogP contribution in [0.4, 0.5) is 11.4 Å². The number of hydrogen-bond acceptors (Lipinski definition) is 3. The number of nitrogens with zero attached hydrogens (tertiary/aromatic N) is 1. The van der Waals surface area contributed by atoms with Crippen LogP contribution in [0.15, 0.2) is 18.2 Å². The molecule has 1 saturated carbocycles. The molecule has 1 aromatic carbocycles. The fourth-order valence-corrected chi connectivity index (χ4v) is 2.65. The number of anilines is 1. The summed E-state index contributed by atoms with van der Waals surface area (Å²) in [7, 11) is 0. The molecule has 0 aliphatic heterocycles. The van der Waals surface area contributed by atoms with E-state index in [1.165, 1.54) is 44.2 Å². The lowest BCUT2D eigenvalue weighted by molar-refractivity contribution is -0.384. The third-order valence-electron chi connectivity index (χ3n) is 3.47. The van der Waals surface area contributed by atoms with E-state index in [4.69, 9.17) is 11.6 Å². The van der Waals surface area contributed by atoms with Crippen LogP contribution in [0.5, 0.6) is 0 Å². The molecular formula is C13H17ClN2O2. The van der Waals surface area contributed by atoms with Gasteiger partial charge in [-0.15, -0.1) is 0 Å². The highest BCUT2D eigenvalue weighted by Crippen LogP contribution is 2.28. The monoisotopic (exact) mass is 268 g/mol. The molecule has 5 heteroatoms. The summed E-state index contributed by atoms with van der Waals surface area (Å²) in [5.74, 6) is 0.699. The van der Waals surface area contributed by atoms with E-state index in [2.05, 4.69) is 5.32 Å². The lowest BCUT2D eigenvalue weighted by Gasteiger charge is -2.22. The molecule has 0 bridgehead atoms. The van der Waals surface area contributed by atoms with E-state index in [0.717, 1.165) is 12.2 Å². The van der Waals surface area contributed by atoms with Gasteiger partial charge in [0.15, 0.2) is 0 Å². The molecule has 1 aliphatic rings. The number of non-ortho nitro benzene ring substituents is 1. The van der Waals surface area contributed by atoms with Crippen molar-refractivity contribution in [3.8, 4) is 0 Å². The van der Waals surface area contributed by atoms with Crippen LogP contribution in [0, 0.1) is 16.0 Å². The maximum atomic E-state index is 10.6. The van der Waals surface area contributed by atoms with Crippen molar-refractivity contribution in [2.75, 3.05) is 11.9 Å². The number of halogens is 1. The second-order valence-corrected chi connectivity index (χ2v) is 5.21. The van der Waals surface area contributed by atoms with Crippen LogP contribution in [-0.4, -0.2) is 11.5 Å². The van der Waals surface area contributed by atoms with Crippen LogP contribution in [0.3, 0.4) is 0 Å². The molecule has 1 N–H and O–H groups in total. The Morgan fingerprint density at radius 1 is 1.33 bits per heavy atom. The molecule has 1 aromatic rings. The Balaban J connectivity index is 1.94. The zero-order valence-electron chi connectivity index (χ0n) is 10.2. The molecule has 0 amide bonds. The molecule has 0 atom stereocenters. The largest absolute Gasteiger partial charge is 0.384 e. The molecular weight excluding hydrogens is 252 g/mol. The van der Waals surface area contributed by atoms with Gasteiger partial charge in [-0.2, -0.15) is 0 Å². The average molecular weight is 269 g/mol. The van der Waals surface area contributed by atoms with Crippen molar-refractivity contribution in [3.05, 3.63) is 33.3 Å². The van der Waals surface area contributed by atoms with Gasteiger partial charge in [0, 0.05) is 18.7 Å². The van der Waals surface area contributed by atoms with Crippen LogP contribution in [-0.2, 0) is 0 Å². The minimum absolute atomic E-state index is 0.0308. The number of rotatable bonds is 4. The average Bonchev–Trinajstić information content (AvgIpc) is 2.38. The third-order valence-corrected chi connectivity index (χ3v) is 3.78. The summed E-state index contributed by atoms with van der Waals surface area (Å²) in [6.45, 7) is 0.900. The Morgan fingerprint density at radius 2 is 2.06 bits per heavy atom. The first-order valence-corrected chi connectivity index (χ1v) is 6.72. The maximum absolute atomic E-state index is 10.6. The predicted octanol–water partition coefficient (Wildman–Crippen LogP) is 4.24. The Labute approximate surface area is 111 Å². The predicted molar refractivity (Wildman–Crippen MR) is 73.2 cm³/mol. The summed E-state index contributed by atoms with van der Waals surface area (Å²) in [6, 6.07) is 4.56. The lowest BCUT2D eigenvalue weighted by Crippen LogP contribution is -2.17. The molecule has 0 heterocycles. The topological polar surface area (TPSA) is 55.2 Å². The third kappa shape index (κ3) is 3.35. The first kappa shape index (κ1) is 13.1. The van der Waals surface area contributed by atoms with E-state index in [1.54, 1.807) is 6.07 Å². The summed E-state index contributed by atoms with van der Waals surface area (Å²) in [5.41, 5.74) is 0.816. The molecule has 0 saturated heterocycles. The van der Waals surface area contributed by atoms with Crippen molar-refractivity contribution in [2.24, 2.45) is 5.92 Å². The molecule has 1 aliphatic carbocycles. The van der Waals surface area contributed by atoms with Crippen LogP contribution in [0.25, 0.3) is 0 Å². The molecule has 2 rings (SSSR count). The van der Waals surface area contributed by atoms with Crippen molar-refractivity contribution in [2.45, 2.75) is 32.1 Å². The summed E-state index contributed by atoms with van der Waals surface area (Å²) in [4.78, 5) is 10.2. The van der Waals surface area contributed by atoms with Crippen molar-refractivity contribution >= 4 is 23.0 Å². The Morgan fingerprint density at radius 3 is 2.67 bits per heavy atom. The Kier molecular flexibility index (Phi) is 4.42. The minimum Gasteiger partial charge on any atom is -0.384 e. The fraction of sp³-hybridized carbons (Fsp3) is 0.538. The number of nitrogens with one attached hydrogen (secondary N) is 1. The first-order valence-electron chi connectivity index (χ1n) is 6.34. The van der Waals surface area contributed by atoms with Gasteiger partial charge in [-0.3, -0.25) is 10.1 Å². The fourth-order valence-electron chi connectivity index (χ4n) is 2.41. The SMILES string of the molecule is O=[N+]([O-])c1ccc(NCC2CCCCC2)c(Cl)c1. The zero-order valence-corrected chi connectivity index (χ0v) is 10.9. The van der Waals surface area contributed by atoms with Gasteiger partial charge in [0.25, 0.3) is 5.69 Å². The van der Waals surface area contributed by atoms with E-state index in [9.17, 15) is 10.1 Å². The molecule has 0 unspecified atom stereocenters. The quantitative estimate of drug-likeness (QED) is 0.656. The molecule has 4 nitrogen and oxygen atoms in total. The van der Waals surface area contributed by atoms with Crippen LogP contribution in [0.2, 0.25) is 5.02 Å². The highest BCUT2D eigenvalue weighted by molar-refractivity contribution is 6.33. The first-order chi connectivity index (χ1) is 8.66. The Hall–Kier alpha value is -1.29. The molecule has 0 spiro atoms. The Bertz CT molecular complexity index is 431. The standard InChI is InChI=1S/C13H17ClN2O2/c14-12-8-11(16(17)18)6-7-13(12)15-9-10-4-2-1-3-5-10/h6-8,10,15H,1-5,9H2. The van der Waals surface area contributed by atoms with Crippen LogP contribution >= 0.6 is 11.6 Å². The minimum atomic E-state index is -0.434. The molecule has 0 aromatic heterocycles. The highest BCUT2D eigenvalue weighted by Gasteiger charge is 2.14. The van der Waals surface area contributed by atoms with E-state index in [-0.39, 0.29) is 5.69 Å².